The van der Waals surface area contributed by atoms with Crippen LogP contribution in [-0.4, -0.2) is 43.5 Å². The lowest BCUT2D eigenvalue weighted by Gasteiger charge is -2.20. The van der Waals surface area contributed by atoms with Crippen LogP contribution in [0.1, 0.15) is 26.7 Å². The lowest BCUT2D eigenvalue weighted by Crippen LogP contribution is -2.30. The van der Waals surface area contributed by atoms with Gasteiger partial charge in [-0.05, 0) is 74.9 Å². The zero-order valence-corrected chi connectivity index (χ0v) is 14.7. The Morgan fingerprint density at radius 2 is 2.00 bits per heavy atom. The molecule has 0 unspecified atom stereocenters. The molecule has 5 heteroatoms. The van der Waals surface area contributed by atoms with Crippen molar-refractivity contribution in [1.29, 1.82) is 0 Å². The van der Waals surface area contributed by atoms with Crippen molar-refractivity contribution >= 4 is 27.5 Å². The van der Waals surface area contributed by atoms with Crippen molar-refractivity contribution in [3.8, 4) is 0 Å². The number of para-hydroxylation sites is 1. The van der Waals surface area contributed by atoms with E-state index in [1.807, 2.05) is 24.3 Å². The molecule has 21 heavy (non-hydrogen) atoms. The molecule has 0 aliphatic heterocycles. The summed E-state index contributed by atoms with van der Waals surface area (Å²) in [6.07, 6.45) is 2.23. The quantitative estimate of drug-likeness (QED) is 0.669. The smallest absolute Gasteiger partial charge is 0.238 e. The Morgan fingerprint density at radius 3 is 2.67 bits per heavy atom. The Bertz CT molecular complexity index is 437. The summed E-state index contributed by atoms with van der Waals surface area (Å²) in [6.45, 7) is 6.72. The van der Waals surface area contributed by atoms with E-state index in [0.717, 1.165) is 36.1 Å². The van der Waals surface area contributed by atoms with Gasteiger partial charge in [-0.25, -0.2) is 0 Å². The summed E-state index contributed by atoms with van der Waals surface area (Å²) in [5.74, 6) is -0.0128. The highest BCUT2D eigenvalue weighted by molar-refractivity contribution is 9.10. The molecule has 2 N–H and O–H groups in total. The number of carbonyl (C=O) groups excluding carboxylic acids is 1. The number of anilines is 1. The molecule has 0 atom stereocenters. The molecule has 118 valence electrons. The Morgan fingerprint density at radius 1 is 1.29 bits per heavy atom. The maximum absolute atomic E-state index is 11.8. The van der Waals surface area contributed by atoms with Gasteiger partial charge in [-0.1, -0.05) is 12.1 Å². The molecule has 1 aromatic rings. The van der Waals surface area contributed by atoms with Crippen molar-refractivity contribution in [2.24, 2.45) is 0 Å². The minimum absolute atomic E-state index is 0.0128. The van der Waals surface area contributed by atoms with Crippen molar-refractivity contribution in [3.05, 3.63) is 28.7 Å². The van der Waals surface area contributed by atoms with Gasteiger partial charge in [0.05, 0.1) is 12.2 Å². The Kier molecular flexibility index (Phi) is 8.57. The zero-order chi connectivity index (χ0) is 15.7. The summed E-state index contributed by atoms with van der Waals surface area (Å²) in [5.41, 5.74) is 0.808. The number of benzene rings is 1. The molecular weight excluding hydrogens is 330 g/mol. The van der Waals surface area contributed by atoms with Gasteiger partial charge in [-0.15, -0.1) is 0 Å². The molecule has 1 aromatic carbocycles. The Hall–Kier alpha value is -0.910. The van der Waals surface area contributed by atoms with Gasteiger partial charge in [0.15, 0.2) is 0 Å². The van der Waals surface area contributed by atoms with Crippen molar-refractivity contribution in [2.45, 2.75) is 32.7 Å². The topological polar surface area (TPSA) is 44.4 Å². The molecular formula is C16H26BrN3O. The fourth-order valence-corrected chi connectivity index (χ4v) is 2.21. The Labute approximate surface area is 136 Å². The molecule has 0 spiro atoms. The predicted octanol–water partition coefficient (Wildman–Crippen LogP) is 3.10. The zero-order valence-electron chi connectivity index (χ0n) is 13.2. The summed E-state index contributed by atoms with van der Waals surface area (Å²) in [6, 6.07) is 8.21. The van der Waals surface area contributed by atoms with Crippen LogP contribution in [0.5, 0.6) is 0 Å². The van der Waals surface area contributed by atoms with E-state index in [-0.39, 0.29) is 5.91 Å². The number of amides is 1. The second-order valence-electron chi connectivity index (χ2n) is 5.49. The van der Waals surface area contributed by atoms with Gasteiger partial charge in [-0.2, -0.15) is 0 Å². The maximum Gasteiger partial charge on any atom is 0.238 e. The number of hydrogen-bond acceptors (Lipinski definition) is 3. The largest absolute Gasteiger partial charge is 0.324 e. The van der Waals surface area contributed by atoms with Crippen LogP contribution in [0.25, 0.3) is 0 Å². The van der Waals surface area contributed by atoms with Gasteiger partial charge in [0.2, 0.25) is 5.91 Å². The van der Waals surface area contributed by atoms with Gasteiger partial charge < -0.3 is 15.5 Å². The van der Waals surface area contributed by atoms with Crippen LogP contribution < -0.4 is 10.6 Å². The first-order chi connectivity index (χ1) is 10.0. The third kappa shape index (κ3) is 7.60. The van der Waals surface area contributed by atoms with Gasteiger partial charge in [-0.3, -0.25) is 4.79 Å². The van der Waals surface area contributed by atoms with Gasteiger partial charge in [0, 0.05) is 10.5 Å². The van der Waals surface area contributed by atoms with Crippen molar-refractivity contribution < 1.29 is 4.79 Å². The molecule has 0 heterocycles. The molecule has 0 aromatic heterocycles. The van der Waals surface area contributed by atoms with Crippen molar-refractivity contribution in [1.82, 2.24) is 10.2 Å². The summed E-state index contributed by atoms with van der Waals surface area (Å²) in [7, 11) is 2.14. The van der Waals surface area contributed by atoms with E-state index in [1.165, 1.54) is 0 Å². The van der Waals surface area contributed by atoms with Gasteiger partial charge >= 0.3 is 0 Å². The second kappa shape index (κ2) is 9.92. The summed E-state index contributed by atoms with van der Waals surface area (Å²) < 4.78 is 0.898. The summed E-state index contributed by atoms with van der Waals surface area (Å²) in [4.78, 5) is 14.1. The van der Waals surface area contributed by atoms with E-state index in [4.69, 9.17) is 0 Å². The fourth-order valence-electron chi connectivity index (χ4n) is 1.83. The van der Waals surface area contributed by atoms with Crippen molar-refractivity contribution in [3.63, 3.8) is 0 Å². The van der Waals surface area contributed by atoms with Crippen LogP contribution in [0.2, 0.25) is 0 Å². The molecule has 1 amide bonds. The van der Waals surface area contributed by atoms with Gasteiger partial charge in [0.1, 0.15) is 0 Å². The van der Waals surface area contributed by atoms with Crippen LogP contribution in [0, 0.1) is 0 Å². The van der Waals surface area contributed by atoms with E-state index in [9.17, 15) is 4.79 Å². The van der Waals surface area contributed by atoms with E-state index in [2.05, 4.69) is 52.4 Å². The third-order valence-electron chi connectivity index (χ3n) is 3.43. The first-order valence-electron chi connectivity index (χ1n) is 7.46. The fraction of sp³-hybridized carbons (Fsp3) is 0.562. The predicted molar refractivity (Wildman–Crippen MR) is 92.6 cm³/mol. The molecule has 0 fully saturated rings. The van der Waals surface area contributed by atoms with Crippen LogP contribution in [0.15, 0.2) is 28.7 Å². The number of nitrogens with zero attached hydrogens (tertiary/aromatic N) is 1. The highest BCUT2D eigenvalue weighted by Gasteiger charge is 2.05. The average Bonchev–Trinajstić information content (AvgIpc) is 2.44. The lowest BCUT2D eigenvalue weighted by molar-refractivity contribution is -0.115. The molecule has 4 nitrogen and oxygen atoms in total. The monoisotopic (exact) mass is 355 g/mol. The van der Waals surface area contributed by atoms with E-state index < -0.39 is 0 Å². The minimum Gasteiger partial charge on any atom is -0.324 e. The highest BCUT2D eigenvalue weighted by atomic mass is 79.9. The molecule has 0 saturated carbocycles. The van der Waals surface area contributed by atoms with Crippen LogP contribution in [0.4, 0.5) is 5.69 Å². The van der Waals surface area contributed by atoms with Crippen LogP contribution in [0.3, 0.4) is 0 Å². The van der Waals surface area contributed by atoms with E-state index >= 15 is 0 Å². The highest BCUT2D eigenvalue weighted by Crippen LogP contribution is 2.20. The van der Waals surface area contributed by atoms with Crippen LogP contribution >= 0.6 is 15.9 Å². The average molecular weight is 356 g/mol. The second-order valence-corrected chi connectivity index (χ2v) is 6.34. The first-order valence-corrected chi connectivity index (χ1v) is 8.25. The summed E-state index contributed by atoms with van der Waals surface area (Å²) in [5, 5.41) is 6.06. The number of unbranched alkanes of at least 4 members (excludes halogenated alkanes) is 1. The molecule has 0 bridgehead atoms. The van der Waals surface area contributed by atoms with E-state index in [0.29, 0.717) is 12.6 Å². The number of hydrogen-bond donors (Lipinski definition) is 2. The molecule has 0 radical (unpaired) electrons. The lowest BCUT2D eigenvalue weighted by atomic mass is 10.2. The summed E-state index contributed by atoms with van der Waals surface area (Å²) >= 11 is 3.41. The number of rotatable bonds is 9. The molecule has 1 rings (SSSR count). The molecule has 0 saturated heterocycles. The normalized spacial score (nSPS) is 11.1. The SMILES string of the molecule is CC(C)N(C)CCCCNCC(=O)Nc1ccccc1Br. The third-order valence-corrected chi connectivity index (χ3v) is 4.12. The van der Waals surface area contributed by atoms with Crippen LogP contribution in [-0.2, 0) is 4.79 Å². The van der Waals surface area contributed by atoms with Crippen molar-refractivity contribution in [2.75, 3.05) is 32.0 Å². The number of halogens is 1. The Balaban J connectivity index is 2.10. The maximum atomic E-state index is 11.8. The molecule has 0 aliphatic rings. The first kappa shape index (κ1) is 18.1. The van der Waals surface area contributed by atoms with Gasteiger partial charge in [0.25, 0.3) is 0 Å². The minimum atomic E-state index is -0.0128. The van der Waals surface area contributed by atoms with E-state index in [1.54, 1.807) is 0 Å². The number of carbonyl (C=O) groups is 1. The number of nitrogens with one attached hydrogen (secondary N) is 2. The molecule has 0 aliphatic carbocycles. The standard InChI is InChI=1S/C16H26BrN3O/c1-13(2)20(3)11-7-6-10-18-12-16(21)19-15-9-5-4-8-14(15)17/h4-5,8-9,13,18H,6-7,10-12H2,1-3H3,(H,19,21).